The number of ether oxygens (including phenoxy) is 2. The van der Waals surface area contributed by atoms with Gasteiger partial charge >= 0.3 is 0 Å². The van der Waals surface area contributed by atoms with E-state index in [2.05, 4.69) is 30.4 Å². The maximum Gasteiger partial charge on any atom is 0.122 e. The summed E-state index contributed by atoms with van der Waals surface area (Å²) in [6.45, 7) is 3.97. The quantitative estimate of drug-likeness (QED) is 0.855. The zero-order valence-corrected chi connectivity index (χ0v) is 12.2. The second kappa shape index (κ2) is 6.92. The zero-order chi connectivity index (χ0) is 13.7. The van der Waals surface area contributed by atoms with Crippen molar-refractivity contribution in [1.29, 1.82) is 0 Å². The molecule has 0 spiro atoms. The van der Waals surface area contributed by atoms with Crippen molar-refractivity contribution in [3.05, 3.63) is 29.3 Å². The molecule has 2 rings (SSSR count). The molecule has 19 heavy (non-hydrogen) atoms. The molecule has 106 valence electrons. The van der Waals surface area contributed by atoms with Gasteiger partial charge in [0, 0.05) is 19.3 Å². The molecule has 2 unspecified atom stereocenters. The summed E-state index contributed by atoms with van der Waals surface area (Å²) < 4.78 is 10.9. The highest BCUT2D eigenvalue weighted by atomic mass is 16.5. The van der Waals surface area contributed by atoms with Crippen molar-refractivity contribution < 1.29 is 9.47 Å². The minimum absolute atomic E-state index is 0.488. The van der Waals surface area contributed by atoms with Crippen LogP contribution in [0.4, 0.5) is 0 Å². The van der Waals surface area contributed by atoms with E-state index >= 15 is 0 Å². The number of methoxy groups -OCH3 is 1. The van der Waals surface area contributed by atoms with Gasteiger partial charge in [0.2, 0.25) is 0 Å². The Morgan fingerprint density at radius 1 is 1.47 bits per heavy atom. The number of likely N-dealkylation sites (N-methyl/N-ethyl adjacent to an activating group) is 1. The van der Waals surface area contributed by atoms with Crippen molar-refractivity contribution >= 4 is 0 Å². The number of rotatable bonds is 6. The third-order valence-corrected chi connectivity index (χ3v) is 3.95. The fourth-order valence-corrected chi connectivity index (χ4v) is 2.81. The van der Waals surface area contributed by atoms with Crippen LogP contribution in [-0.4, -0.2) is 33.4 Å². The van der Waals surface area contributed by atoms with E-state index in [4.69, 9.17) is 9.47 Å². The van der Waals surface area contributed by atoms with Crippen LogP contribution in [0.3, 0.4) is 0 Å². The van der Waals surface area contributed by atoms with E-state index in [0.717, 1.165) is 25.4 Å². The summed E-state index contributed by atoms with van der Waals surface area (Å²) in [7, 11) is 3.79. The van der Waals surface area contributed by atoms with Crippen molar-refractivity contribution in [2.75, 3.05) is 27.4 Å². The maximum atomic E-state index is 5.46. The van der Waals surface area contributed by atoms with E-state index < -0.39 is 0 Å². The molecule has 0 aromatic heterocycles. The molecule has 3 heteroatoms. The largest absolute Gasteiger partial charge is 0.496 e. The van der Waals surface area contributed by atoms with Gasteiger partial charge in [-0.25, -0.2) is 0 Å². The Bertz CT molecular complexity index is 400. The van der Waals surface area contributed by atoms with Crippen LogP contribution >= 0.6 is 0 Å². The summed E-state index contributed by atoms with van der Waals surface area (Å²) in [6.07, 6.45) is 3.38. The average Bonchev–Trinajstić information content (AvgIpc) is 2.91. The van der Waals surface area contributed by atoms with Gasteiger partial charge in [0.25, 0.3) is 0 Å². The number of benzene rings is 1. The molecule has 0 aliphatic carbocycles. The summed E-state index contributed by atoms with van der Waals surface area (Å²) in [4.78, 5) is 0. The topological polar surface area (TPSA) is 30.5 Å². The Morgan fingerprint density at radius 2 is 2.32 bits per heavy atom. The summed E-state index contributed by atoms with van der Waals surface area (Å²) >= 11 is 0. The average molecular weight is 263 g/mol. The molecule has 1 aliphatic heterocycles. The standard InChI is InChI=1S/C16H25NO2/c1-12-4-5-16(18-3)14(8-12)10-15(17-2)9-13-6-7-19-11-13/h4-5,8,13,15,17H,6-7,9-11H2,1-3H3. The second-order valence-electron chi connectivity index (χ2n) is 5.47. The fourth-order valence-electron chi connectivity index (χ4n) is 2.81. The Hall–Kier alpha value is -1.06. The van der Waals surface area contributed by atoms with Crippen molar-refractivity contribution in [2.24, 2.45) is 5.92 Å². The van der Waals surface area contributed by atoms with Crippen LogP contribution in [0.1, 0.15) is 24.0 Å². The summed E-state index contributed by atoms with van der Waals surface area (Å²) in [5, 5.41) is 3.44. The Kier molecular flexibility index (Phi) is 5.23. The van der Waals surface area contributed by atoms with Crippen LogP contribution in [0.5, 0.6) is 5.75 Å². The van der Waals surface area contributed by atoms with Crippen LogP contribution in [0.25, 0.3) is 0 Å². The van der Waals surface area contributed by atoms with Gasteiger partial charge in [-0.05, 0) is 50.8 Å². The second-order valence-corrected chi connectivity index (χ2v) is 5.47. The number of hydrogen-bond acceptors (Lipinski definition) is 3. The molecule has 1 heterocycles. The summed E-state index contributed by atoms with van der Waals surface area (Å²) in [6, 6.07) is 6.88. The third-order valence-electron chi connectivity index (χ3n) is 3.95. The predicted octanol–water partition coefficient (Wildman–Crippen LogP) is 2.56. The molecule has 2 atom stereocenters. The molecule has 1 N–H and O–H groups in total. The van der Waals surface area contributed by atoms with Crippen molar-refractivity contribution in [3.63, 3.8) is 0 Å². The van der Waals surface area contributed by atoms with Crippen molar-refractivity contribution in [1.82, 2.24) is 5.32 Å². The minimum Gasteiger partial charge on any atom is -0.496 e. The van der Waals surface area contributed by atoms with Crippen LogP contribution in [0.2, 0.25) is 0 Å². The highest BCUT2D eigenvalue weighted by molar-refractivity contribution is 5.37. The van der Waals surface area contributed by atoms with E-state index in [9.17, 15) is 0 Å². The van der Waals surface area contributed by atoms with Crippen LogP contribution < -0.4 is 10.1 Å². The smallest absolute Gasteiger partial charge is 0.122 e. The highest BCUT2D eigenvalue weighted by Crippen LogP contribution is 2.24. The predicted molar refractivity (Wildman–Crippen MR) is 77.8 cm³/mol. The van der Waals surface area contributed by atoms with E-state index in [1.807, 2.05) is 7.05 Å². The highest BCUT2D eigenvalue weighted by Gasteiger charge is 2.21. The molecule has 3 nitrogen and oxygen atoms in total. The molecule has 0 amide bonds. The number of aryl methyl sites for hydroxylation is 1. The van der Waals surface area contributed by atoms with Crippen LogP contribution in [0, 0.1) is 12.8 Å². The van der Waals surface area contributed by atoms with Gasteiger partial charge in [0.05, 0.1) is 7.11 Å². The third kappa shape index (κ3) is 3.95. The first kappa shape index (κ1) is 14.4. The van der Waals surface area contributed by atoms with Gasteiger partial charge in [0.1, 0.15) is 5.75 Å². The molecule has 0 bridgehead atoms. The lowest BCUT2D eigenvalue weighted by Gasteiger charge is -2.21. The lowest BCUT2D eigenvalue weighted by atomic mass is 9.93. The molecule has 1 saturated heterocycles. The van der Waals surface area contributed by atoms with Gasteiger partial charge in [-0.1, -0.05) is 17.7 Å². The van der Waals surface area contributed by atoms with E-state index in [1.54, 1.807) is 7.11 Å². The summed E-state index contributed by atoms with van der Waals surface area (Å²) in [5.41, 5.74) is 2.58. The first-order valence-corrected chi connectivity index (χ1v) is 7.11. The van der Waals surface area contributed by atoms with Crippen molar-refractivity contribution in [3.8, 4) is 5.75 Å². The van der Waals surface area contributed by atoms with Gasteiger partial charge in [-0.3, -0.25) is 0 Å². The Balaban J connectivity index is 2.02. The lowest BCUT2D eigenvalue weighted by molar-refractivity contribution is 0.181. The van der Waals surface area contributed by atoms with Crippen LogP contribution in [0.15, 0.2) is 18.2 Å². The number of nitrogens with one attached hydrogen (secondary N) is 1. The molecule has 0 saturated carbocycles. The van der Waals surface area contributed by atoms with Crippen LogP contribution in [-0.2, 0) is 11.2 Å². The first-order valence-electron chi connectivity index (χ1n) is 7.11. The normalized spacial score (nSPS) is 20.5. The zero-order valence-electron chi connectivity index (χ0n) is 12.2. The van der Waals surface area contributed by atoms with Gasteiger partial charge < -0.3 is 14.8 Å². The van der Waals surface area contributed by atoms with E-state index in [-0.39, 0.29) is 0 Å². The minimum atomic E-state index is 0.488. The first-order chi connectivity index (χ1) is 9.22. The molecular weight excluding hydrogens is 238 g/mol. The molecule has 1 aromatic rings. The molecule has 1 fully saturated rings. The van der Waals surface area contributed by atoms with Gasteiger partial charge in [0.15, 0.2) is 0 Å². The summed E-state index contributed by atoms with van der Waals surface area (Å²) in [5.74, 6) is 1.70. The maximum absolute atomic E-state index is 5.46. The van der Waals surface area contributed by atoms with Gasteiger partial charge in [-0.2, -0.15) is 0 Å². The molecule has 0 radical (unpaired) electrons. The molecular formula is C16H25NO2. The number of hydrogen-bond donors (Lipinski definition) is 1. The SMILES string of the molecule is CNC(Cc1cc(C)ccc1OC)CC1CCOC1. The molecule has 1 aliphatic rings. The molecule has 1 aromatic carbocycles. The van der Waals surface area contributed by atoms with E-state index in [1.165, 1.54) is 24.0 Å². The lowest BCUT2D eigenvalue weighted by Crippen LogP contribution is -2.30. The van der Waals surface area contributed by atoms with Crippen molar-refractivity contribution in [2.45, 2.75) is 32.2 Å². The Labute approximate surface area is 116 Å². The fraction of sp³-hybridized carbons (Fsp3) is 0.625. The monoisotopic (exact) mass is 263 g/mol. The van der Waals surface area contributed by atoms with E-state index in [0.29, 0.717) is 12.0 Å². The van der Waals surface area contributed by atoms with Gasteiger partial charge in [-0.15, -0.1) is 0 Å². The Morgan fingerprint density at radius 3 is 2.95 bits per heavy atom.